The van der Waals surface area contributed by atoms with Gasteiger partial charge >= 0.3 is 11.9 Å². The van der Waals surface area contributed by atoms with Gasteiger partial charge in [-0.25, -0.2) is 19.6 Å². The zero-order valence-corrected chi connectivity index (χ0v) is 13.0. The zero-order valence-electron chi connectivity index (χ0n) is 13.0. The summed E-state index contributed by atoms with van der Waals surface area (Å²) in [5.41, 5.74) is 0.786. The van der Waals surface area contributed by atoms with Gasteiger partial charge in [0.05, 0.1) is 28.2 Å². The standard InChI is InChI=1S/C15H10N4O4.CH4O/c20-14(21)8-2-5-16-10(6-8)12-9(15(22)23)7-11(19-12)13-17-3-1-4-18-13;1-2/h1-7,19H,(H,20,21)(H,22,23);2H,1H3. The van der Waals surface area contributed by atoms with Crippen LogP contribution in [0.2, 0.25) is 0 Å². The van der Waals surface area contributed by atoms with E-state index in [1.807, 2.05) is 0 Å². The Hall–Kier alpha value is -3.59. The lowest BCUT2D eigenvalue weighted by atomic mass is 10.1. The van der Waals surface area contributed by atoms with E-state index in [1.54, 1.807) is 6.07 Å². The van der Waals surface area contributed by atoms with Crippen molar-refractivity contribution in [2.24, 2.45) is 0 Å². The fourth-order valence-electron chi connectivity index (χ4n) is 2.08. The number of aromatic amines is 1. The Kier molecular flexibility index (Phi) is 5.54. The molecule has 3 rings (SSSR count). The first-order valence-electron chi connectivity index (χ1n) is 6.94. The number of aromatic carboxylic acids is 2. The number of carboxylic acid groups (broad SMARTS) is 2. The van der Waals surface area contributed by atoms with Crippen LogP contribution in [0, 0.1) is 0 Å². The number of hydrogen-bond donors (Lipinski definition) is 4. The lowest BCUT2D eigenvalue weighted by Gasteiger charge is -2.01. The summed E-state index contributed by atoms with van der Waals surface area (Å²) in [7, 11) is 1.00. The average molecular weight is 342 g/mol. The summed E-state index contributed by atoms with van der Waals surface area (Å²) in [6, 6.07) is 5.66. The predicted molar refractivity (Wildman–Crippen MR) is 87.1 cm³/mol. The summed E-state index contributed by atoms with van der Waals surface area (Å²) in [5, 5.41) is 25.4. The van der Waals surface area contributed by atoms with E-state index in [9.17, 15) is 14.7 Å². The molecule has 0 bridgehead atoms. The normalized spacial score (nSPS) is 9.84. The number of hydrogen-bond acceptors (Lipinski definition) is 6. The van der Waals surface area contributed by atoms with Crippen LogP contribution >= 0.6 is 0 Å². The molecule has 3 aromatic heterocycles. The van der Waals surface area contributed by atoms with Crippen molar-refractivity contribution in [2.75, 3.05) is 7.11 Å². The molecule has 0 saturated heterocycles. The van der Waals surface area contributed by atoms with Crippen LogP contribution in [0.5, 0.6) is 0 Å². The van der Waals surface area contributed by atoms with Gasteiger partial charge in [-0.2, -0.15) is 0 Å². The summed E-state index contributed by atoms with van der Waals surface area (Å²) in [5.74, 6) is -1.96. The number of aliphatic hydroxyl groups is 1. The Morgan fingerprint density at radius 2 is 1.64 bits per heavy atom. The number of carbonyl (C=O) groups is 2. The van der Waals surface area contributed by atoms with Crippen molar-refractivity contribution in [1.82, 2.24) is 19.9 Å². The Labute approximate surface area is 141 Å². The topological polar surface area (TPSA) is 149 Å². The Bertz CT molecular complexity index is 893. The van der Waals surface area contributed by atoms with Crippen LogP contribution < -0.4 is 0 Å². The van der Waals surface area contributed by atoms with Gasteiger partial charge in [0.1, 0.15) is 0 Å². The Balaban J connectivity index is 0.00000109. The molecule has 0 aliphatic carbocycles. The molecule has 9 heteroatoms. The minimum atomic E-state index is -1.17. The van der Waals surface area contributed by atoms with E-state index in [0.717, 1.165) is 7.11 Å². The highest BCUT2D eigenvalue weighted by Crippen LogP contribution is 2.26. The molecule has 0 fully saturated rings. The van der Waals surface area contributed by atoms with Gasteiger partial charge in [0.25, 0.3) is 0 Å². The van der Waals surface area contributed by atoms with Gasteiger partial charge in [-0.1, -0.05) is 0 Å². The first kappa shape index (κ1) is 17.8. The number of carboxylic acids is 2. The molecule has 0 spiro atoms. The van der Waals surface area contributed by atoms with Gasteiger partial charge in [0.15, 0.2) is 5.82 Å². The highest BCUT2D eigenvalue weighted by molar-refractivity contribution is 5.97. The summed E-state index contributed by atoms with van der Waals surface area (Å²) in [4.78, 5) is 37.6. The van der Waals surface area contributed by atoms with Crippen molar-refractivity contribution in [3.63, 3.8) is 0 Å². The van der Waals surface area contributed by atoms with Crippen molar-refractivity contribution in [3.05, 3.63) is 54.0 Å². The monoisotopic (exact) mass is 342 g/mol. The lowest BCUT2D eigenvalue weighted by molar-refractivity contribution is 0.0687. The molecule has 0 aliphatic rings. The quantitative estimate of drug-likeness (QED) is 0.557. The fraction of sp³-hybridized carbons (Fsp3) is 0.0625. The van der Waals surface area contributed by atoms with E-state index < -0.39 is 11.9 Å². The maximum atomic E-state index is 11.5. The number of aromatic nitrogens is 4. The van der Waals surface area contributed by atoms with Crippen LogP contribution in [0.25, 0.3) is 22.9 Å². The van der Waals surface area contributed by atoms with E-state index in [0.29, 0.717) is 11.5 Å². The third-order valence-corrected chi connectivity index (χ3v) is 3.12. The highest BCUT2D eigenvalue weighted by atomic mass is 16.4. The third kappa shape index (κ3) is 3.85. The number of nitrogens with zero attached hydrogens (tertiary/aromatic N) is 3. The van der Waals surface area contributed by atoms with E-state index in [4.69, 9.17) is 10.2 Å². The van der Waals surface area contributed by atoms with Gasteiger partial charge in [-0.05, 0) is 24.3 Å². The molecule has 0 amide bonds. The molecule has 4 N–H and O–H groups in total. The summed E-state index contributed by atoms with van der Waals surface area (Å²) < 4.78 is 0. The van der Waals surface area contributed by atoms with E-state index in [1.165, 1.54) is 36.8 Å². The number of pyridine rings is 1. The summed E-state index contributed by atoms with van der Waals surface area (Å²) >= 11 is 0. The van der Waals surface area contributed by atoms with E-state index in [-0.39, 0.29) is 22.5 Å². The number of H-pyrrole nitrogens is 1. The minimum absolute atomic E-state index is 0.0125. The maximum Gasteiger partial charge on any atom is 0.337 e. The summed E-state index contributed by atoms with van der Waals surface area (Å²) in [6.45, 7) is 0. The second-order valence-electron chi connectivity index (χ2n) is 4.58. The molecule has 3 heterocycles. The fourth-order valence-corrected chi connectivity index (χ4v) is 2.08. The summed E-state index contributed by atoms with van der Waals surface area (Å²) in [6.07, 6.45) is 4.38. The molecule has 9 nitrogen and oxygen atoms in total. The van der Waals surface area contributed by atoms with Crippen LogP contribution in [0.4, 0.5) is 0 Å². The lowest BCUT2D eigenvalue weighted by Crippen LogP contribution is -2.00. The maximum absolute atomic E-state index is 11.5. The molecule has 0 atom stereocenters. The molecule has 0 unspecified atom stereocenters. The number of aliphatic hydroxyl groups excluding tert-OH is 1. The molecule has 0 aliphatic heterocycles. The van der Waals surface area contributed by atoms with E-state index >= 15 is 0 Å². The van der Waals surface area contributed by atoms with E-state index in [2.05, 4.69) is 19.9 Å². The molecule has 128 valence electrons. The van der Waals surface area contributed by atoms with Crippen LogP contribution in [0.15, 0.2) is 42.9 Å². The first-order valence-corrected chi connectivity index (χ1v) is 6.94. The number of nitrogens with one attached hydrogen (secondary N) is 1. The van der Waals surface area contributed by atoms with Crippen molar-refractivity contribution < 1.29 is 24.9 Å². The van der Waals surface area contributed by atoms with Gasteiger partial charge < -0.3 is 20.3 Å². The first-order chi connectivity index (χ1) is 12.1. The third-order valence-electron chi connectivity index (χ3n) is 3.12. The molecule has 3 aromatic rings. The van der Waals surface area contributed by atoms with Gasteiger partial charge in [-0.3, -0.25) is 4.98 Å². The molecule has 0 saturated carbocycles. The van der Waals surface area contributed by atoms with Crippen LogP contribution in [0.1, 0.15) is 20.7 Å². The van der Waals surface area contributed by atoms with Gasteiger partial charge in [0.2, 0.25) is 0 Å². The van der Waals surface area contributed by atoms with Crippen LogP contribution in [0.3, 0.4) is 0 Å². The second-order valence-corrected chi connectivity index (χ2v) is 4.58. The molecule has 25 heavy (non-hydrogen) atoms. The predicted octanol–water partition coefficient (Wildman–Crippen LogP) is 1.54. The molecule has 0 radical (unpaired) electrons. The van der Waals surface area contributed by atoms with Gasteiger partial charge in [-0.15, -0.1) is 0 Å². The van der Waals surface area contributed by atoms with Crippen molar-refractivity contribution in [1.29, 1.82) is 0 Å². The average Bonchev–Trinajstić information content (AvgIpc) is 3.10. The van der Waals surface area contributed by atoms with Crippen LogP contribution in [-0.4, -0.2) is 54.3 Å². The molecular formula is C16H14N4O5. The second kappa shape index (κ2) is 7.79. The zero-order chi connectivity index (χ0) is 18.4. The van der Waals surface area contributed by atoms with Crippen LogP contribution in [-0.2, 0) is 0 Å². The molecule has 0 aromatic carbocycles. The van der Waals surface area contributed by atoms with Crippen molar-refractivity contribution in [2.45, 2.75) is 0 Å². The Morgan fingerprint density at radius 3 is 2.24 bits per heavy atom. The smallest absolute Gasteiger partial charge is 0.337 e. The van der Waals surface area contributed by atoms with Crippen molar-refractivity contribution >= 4 is 11.9 Å². The SMILES string of the molecule is CO.O=C(O)c1ccnc(-c2[nH]c(-c3ncccn3)cc2C(=O)O)c1. The molecular weight excluding hydrogens is 328 g/mol. The number of rotatable bonds is 4. The largest absolute Gasteiger partial charge is 0.478 e. The Morgan fingerprint density at radius 1 is 0.960 bits per heavy atom. The van der Waals surface area contributed by atoms with Crippen molar-refractivity contribution in [3.8, 4) is 22.9 Å². The minimum Gasteiger partial charge on any atom is -0.478 e. The van der Waals surface area contributed by atoms with Gasteiger partial charge in [0, 0.05) is 25.7 Å². The highest BCUT2D eigenvalue weighted by Gasteiger charge is 2.19.